The number of imide groups is 1. The number of benzene rings is 2. The van der Waals surface area contributed by atoms with E-state index in [0.717, 1.165) is 43.0 Å². The van der Waals surface area contributed by atoms with E-state index in [0.29, 0.717) is 16.7 Å². The summed E-state index contributed by atoms with van der Waals surface area (Å²) in [6.45, 7) is 4.15. The number of rotatable bonds is 4. The van der Waals surface area contributed by atoms with Crippen LogP contribution in [0.4, 0.5) is 11.4 Å². The minimum Gasteiger partial charge on any atom is -0.369 e. The minimum atomic E-state index is -0.407. The molecule has 1 saturated heterocycles. The van der Waals surface area contributed by atoms with Crippen molar-refractivity contribution in [3.63, 3.8) is 0 Å². The number of aromatic nitrogens is 1. The molecule has 2 aliphatic rings. The van der Waals surface area contributed by atoms with E-state index in [-0.39, 0.29) is 5.91 Å². The molecule has 0 radical (unpaired) electrons. The van der Waals surface area contributed by atoms with Gasteiger partial charge < -0.3 is 20.1 Å². The van der Waals surface area contributed by atoms with Crippen molar-refractivity contribution in [2.24, 2.45) is 0 Å². The average Bonchev–Trinajstić information content (AvgIpc) is 3.35. The topological polar surface area (TPSA) is 80.5 Å². The van der Waals surface area contributed by atoms with Crippen LogP contribution in [-0.2, 0) is 4.79 Å². The third-order valence-corrected chi connectivity index (χ3v) is 6.08. The van der Waals surface area contributed by atoms with Crippen LogP contribution in [0.1, 0.15) is 15.9 Å². The predicted molar refractivity (Wildman–Crippen MR) is 126 cm³/mol. The van der Waals surface area contributed by atoms with Crippen molar-refractivity contribution in [2.75, 3.05) is 43.4 Å². The third kappa shape index (κ3) is 3.90. The van der Waals surface area contributed by atoms with Crippen molar-refractivity contribution in [1.29, 1.82) is 0 Å². The Hall–Kier alpha value is -3.84. The Morgan fingerprint density at radius 1 is 0.875 bits per heavy atom. The highest BCUT2D eigenvalue weighted by atomic mass is 16.2. The number of H-pyrrole nitrogens is 1. The molecule has 0 unspecified atom stereocenters. The van der Waals surface area contributed by atoms with Crippen LogP contribution in [0.5, 0.6) is 0 Å². The van der Waals surface area contributed by atoms with Gasteiger partial charge in [0.1, 0.15) is 0 Å². The monoisotopic (exact) mass is 427 g/mol. The lowest BCUT2D eigenvalue weighted by Gasteiger charge is -2.34. The lowest BCUT2D eigenvalue weighted by atomic mass is 9.92. The molecule has 7 nitrogen and oxygen atoms in total. The SMILES string of the molecule is CN1CCN(c2ccc(N/C=C3\C(=O)NC(=O)c4ccc(-c5cc[nH]c5)cc43)cc2)CC1. The fourth-order valence-corrected chi connectivity index (χ4v) is 4.14. The molecule has 32 heavy (non-hydrogen) atoms. The first kappa shape index (κ1) is 20.1. The maximum absolute atomic E-state index is 12.6. The Morgan fingerprint density at radius 2 is 1.66 bits per heavy atom. The fraction of sp³-hybridized carbons (Fsp3) is 0.200. The van der Waals surface area contributed by atoms with Crippen LogP contribution in [0.25, 0.3) is 16.7 Å². The van der Waals surface area contributed by atoms with Gasteiger partial charge in [-0.1, -0.05) is 6.07 Å². The van der Waals surface area contributed by atoms with Crippen molar-refractivity contribution in [2.45, 2.75) is 0 Å². The summed E-state index contributed by atoms with van der Waals surface area (Å²) in [4.78, 5) is 32.7. The van der Waals surface area contributed by atoms with E-state index in [9.17, 15) is 9.59 Å². The number of likely N-dealkylation sites (N-methyl/N-ethyl adjacent to an activating group) is 1. The standard InChI is InChI=1S/C25H25N5O2/c1-29-10-12-30(13-11-29)20-5-3-19(4-6-20)27-16-23-22-14-17(18-8-9-26-15-18)2-7-21(22)24(31)28-25(23)32/h2-9,14-16,26-27H,10-13H2,1H3,(H,28,31,32)/b23-16-. The second-order valence-electron chi connectivity index (χ2n) is 8.18. The summed E-state index contributed by atoms with van der Waals surface area (Å²) in [7, 11) is 2.15. The number of carbonyl (C=O) groups is 2. The Kier molecular flexibility index (Phi) is 5.25. The first-order chi connectivity index (χ1) is 15.6. The quantitative estimate of drug-likeness (QED) is 0.440. The highest BCUT2D eigenvalue weighted by Gasteiger charge is 2.27. The van der Waals surface area contributed by atoms with Gasteiger partial charge in [0.2, 0.25) is 0 Å². The van der Waals surface area contributed by atoms with Gasteiger partial charge in [0, 0.05) is 67.3 Å². The molecule has 0 aliphatic carbocycles. The number of anilines is 2. The lowest BCUT2D eigenvalue weighted by Crippen LogP contribution is -2.44. The maximum atomic E-state index is 12.6. The maximum Gasteiger partial charge on any atom is 0.260 e. The Labute approximate surface area is 186 Å². The molecule has 1 fully saturated rings. The molecule has 162 valence electrons. The van der Waals surface area contributed by atoms with E-state index < -0.39 is 5.91 Å². The summed E-state index contributed by atoms with van der Waals surface area (Å²) in [5.74, 6) is -0.783. The van der Waals surface area contributed by atoms with E-state index in [1.165, 1.54) is 5.69 Å². The van der Waals surface area contributed by atoms with Crippen LogP contribution in [0.3, 0.4) is 0 Å². The van der Waals surface area contributed by atoms with E-state index in [2.05, 4.69) is 44.6 Å². The predicted octanol–water partition coefficient (Wildman–Crippen LogP) is 3.16. The van der Waals surface area contributed by atoms with Crippen LogP contribution in [-0.4, -0.2) is 54.9 Å². The highest BCUT2D eigenvalue weighted by Crippen LogP contribution is 2.30. The Balaban J connectivity index is 1.39. The van der Waals surface area contributed by atoms with E-state index in [1.54, 1.807) is 12.3 Å². The molecule has 3 heterocycles. The van der Waals surface area contributed by atoms with Crippen molar-refractivity contribution < 1.29 is 9.59 Å². The molecular weight excluding hydrogens is 402 g/mol. The van der Waals surface area contributed by atoms with Crippen molar-refractivity contribution in [1.82, 2.24) is 15.2 Å². The number of nitrogens with zero attached hydrogens (tertiary/aromatic N) is 2. The number of hydrogen-bond donors (Lipinski definition) is 3. The second kappa shape index (κ2) is 8.36. The summed E-state index contributed by atoms with van der Waals surface area (Å²) in [5.41, 5.74) is 5.55. The normalized spacial score (nSPS) is 17.9. The first-order valence-electron chi connectivity index (χ1n) is 10.7. The molecule has 3 N–H and O–H groups in total. The number of carbonyl (C=O) groups excluding carboxylic acids is 2. The van der Waals surface area contributed by atoms with Crippen LogP contribution in [0, 0.1) is 0 Å². The molecule has 1 aromatic heterocycles. The van der Waals surface area contributed by atoms with Gasteiger partial charge >= 0.3 is 0 Å². The zero-order valence-electron chi connectivity index (χ0n) is 17.9. The molecule has 2 aliphatic heterocycles. The summed E-state index contributed by atoms with van der Waals surface area (Å²) in [5, 5.41) is 5.65. The summed E-state index contributed by atoms with van der Waals surface area (Å²) in [6, 6.07) is 15.7. The molecule has 7 heteroatoms. The van der Waals surface area contributed by atoms with Gasteiger partial charge in [-0.05, 0) is 60.6 Å². The van der Waals surface area contributed by atoms with Gasteiger partial charge in [-0.25, -0.2) is 0 Å². The van der Waals surface area contributed by atoms with Crippen LogP contribution >= 0.6 is 0 Å². The first-order valence-corrected chi connectivity index (χ1v) is 10.7. The molecule has 3 aromatic rings. The number of nitrogens with one attached hydrogen (secondary N) is 3. The molecule has 5 rings (SSSR count). The van der Waals surface area contributed by atoms with Crippen molar-refractivity contribution in [3.8, 4) is 11.1 Å². The van der Waals surface area contributed by atoms with Gasteiger partial charge in [0.05, 0.1) is 5.57 Å². The summed E-state index contributed by atoms with van der Waals surface area (Å²) >= 11 is 0. The van der Waals surface area contributed by atoms with Gasteiger partial charge in [-0.3, -0.25) is 14.9 Å². The van der Waals surface area contributed by atoms with Gasteiger partial charge in [0.15, 0.2) is 0 Å². The average molecular weight is 428 g/mol. The van der Waals surface area contributed by atoms with E-state index in [4.69, 9.17) is 0 Å². The largest absolute Gasteiger partial charge is 0.369 e. The smallest absolute Gasteiger partial charge is 0.260 e. The Bertz CT molecular complexity index is 1170. The zero-order chi connectivity index (χ0) is 22.1. The molecular formula is C25H25N5O2. The molecule has 0 saturated carbocycles. The third-order valence-electron chi connectivity index (χ3n) is 6.08. The van der Waals surface area contributed by atoms with Crippen molar-refractivity contribution >= 4 is 28.8 Å². The molecule has 2 amide bonds. The van der Waals surface area contributed by atoms with Crippen LogP contribution in [0.15, 0.2) is 67.1 Å². The lowest BCUT2D eigenvalue weighted by molar-refractivity contribution is -0.114. The van der Waals surface area contributed by atoms with Crippen LogP contribution < -0.4 is 15.5 Å². The van der Waals surface area contributed by atoms with Gasteiger partial charge in [-0.2, -0.15) is 0 Å². The zero-order valence-corrected chi connectivity index (χ0v) is 17.9. The molecule has 2 aromatic carbocycles. The number of aromatic amines is 1. The number of hydrogen-bond acceptors (Lipinski definition) is 5. The van der Waals surface area contributed by atoms with Crippen molar-refractivity contribution in [3.05, 3.63) is 78.3 Å². The fourth-order valence-electron chi connectivity index (χ4n) is 4.14. The molecule has 0 spiro atoms. The summed E-state index contributed by atoms with van der Waals surface area (Å²) in [6.07, 6.45) is 5.40. The molecule has 0 atom stereocenters. The van der Waals surface area contributed by atoms with E-state index >= 15 is 0 Å². The Morgan fingerprint density at radius 3 is 2.38 bits per heavy atom. The molecule has 0 bridgehead atoms. The van der Waals surface area contributed by atoms with Gasteiger partial charge in [0.25, 0.3) is 11.8 Å². The second-order valence-corrected chi connectivity index (χ2v) is 8.18. The summed E-state index contributed by atoms with van der Waals surface area (Å²) < 4.78 is 0. The number of amides is 2. The van der Waals surface area contributed by atoms with E-state index in [1.807, 2.05) is 42.7 Å². The highest BCUT2D eigenvalue weighted by molar-refractivity contribution is 6.31. The van der Waals surface area contributed by atoms with Crippen LogP contribution in [0.2, 0.25) is 0 Å². The minimum absolute atomic E-state index is 0.376. The number of fused-ring (bicyclic) bond motifs is 1. The van der Waals surface area contributed by atoms with Gasteiger partial charge in [-0.15, -0.1) is 0 Å². The number of piperazine rings is 1.